The van der Waals surface area contributed by atoms with E-state index in [-0.39, 0.29) is 56.0 Å². The van der Waals surface area contributed by atoms with Gasteiger partial charge in [0, 0.05) is 14.3 Å². The molecule has 3 aliphatic carbocycles. The molecule has 1 heterocycles. The molecule has 1 aliphatic heterocycles. The van der Waals surface area contributed by atoms with Gasteiger partial charge in [-0.3, -0.25) is 4.79 Å². The van der Waals surface area contributed by atoms with Crippen molar-refractivity contribution in [2.24, 2.45) is 35.0 Å². The third-order valence-electron chi connectivity index (χ3n) is 9.79. The average molecular weight is 526 g/mol. The standard InChI is InChI=1S/C32H40FNO4.2H2/c1-5-37-31(36)34-25-11-13-27-23(17-25)18-29-30(35)38-20(3)32(29,4)28(27)14-10-21-9-12-26(19(2)15-21)22-7-6-8-24(33)16-22;;/h6-10,12,14,16,19-20,23,25,27-29H,5,11,13,15,17-18H2,1-4H3,(H,34,36);2*1H/b14-10+;;/t19?,20-,23-,25+,27-,28+,29+,32-;;/m0../s1. The molecule has 1 unspecified atom stereocenters. The van der Waals surface area contributed by atoms with Crippen LogP contribution in [0.15, 0.2) is 54.1 Å². The minimum atomic E-state index is -0.356. The molecule has 1 aromatic rings. The number of nitrogens with one attached hydrogen (secondary N) is 1. The van der Waals surface area contributed by atoms with Crippen LogP contribution in [0.2, 0.25) is 0 Å². The van der Waals surface area contributed by atoms with Crippen molar-refractivity contribution < 1.29 is 26.3 Å². The summed E-state index contributed by atoms with van der Waals surface area (Å²) >= 11 is 0. The number of allylic oxidation sites excluding steroid dienone is 6. The molecule has 1 aromatic carbocycles. The van der Waals surface area contributed by atoms with Crippen molar-refractivity contribution >= 4 is 17.6 Å². The van der Waals surface area contributed by atoms with E-state index in [4.69, 9.17) is 9.47 Å². The van der Waals surface area contributed by atoms with E-state index < -0.39 is 0 Å². The summed E-state index contributed by atoms with van der Waals surface area (Å²) in [5.41, 5.74) is 3.09. The average Bonchev–Trinajstić information content (AvgIpc) is 3.09. The van der Waals surface area contributed by atoms with Crippen molar-refractivity contribution in [2.45, 2.75) is 71.9 Å². The highest BCUT2D eigenvalue weighted by molar-refractivity contribution is 5.77. The number of esters is 1. The Morgan fingerprint density at radius 3 is 2.82 bits per heavy atom. The molecule has 5 rings (SSSR count). The number of hydrogen-bond acceptors (Lipinski definition) is 4. The molecule has 208 valence electrons. The van der Waals surface area contributed by atoms with E-state index in [9.17, 15) is 14.0 Å². The summed E-state index contributed by atoms with van der Waals surface area (Å²) in [5.74, 6) is 0.850. The van der Waals surface area contributed by atoms with Crippen molar-refractivity contribution in [3.63, 3.8) is 0 Å². The van der Waals surface area contributed by atoms with Gasteiger partial charge in [0.05, 0.1) is 12.5 Å². The topological polar surface area (TPSA) is 64.6 Å². The van der Waals surface area contributed by atoms with Crippen molar-refractivity contribution in [2.75, 3.05) is 6.61 Å². The molecule has 0 aromatic heterocycles. The minimum absolute atomic E-state index is 0. The van der Waals surface area contributed by atoms with Crippen molar-refractivity contribution in [1.82, 2.24) is 5.32 Å². The molecule has 6 heteroatoms. The predicted octanol–water partition coefficient (Wildman–Crippen LogP) is 7.34. The van der Waals surface area contributed by atoms with Gasteiger partial charge in [-0.2, -0.15) is 0 Å². The number of amides is 1. The van der Waals surface area contributed by atoms with Gasteiger partial charge in [-0.15, -0.1) is 0 Å². The molecule has 1 saturated heterocycles. The number of cyclic esters (lactones) is 1. The second kappa shape index (κ2) is 10.7. The van der Waals surface area contributed by atoms with E-state index in [1.54, 1.807) is 12.1 Å². The van der Waals surface area contributed by atoms with Crippen LogP contribution in [-0.4, -0.2) is 30.8 Å². The van der Waals surface area contributed by atoms with Gasteiger partial charge < -0.3 is 14.8 Å². The van der Waals surface area contributed by atoms with Gasteiger partial charge in [-0.05, 0) is 98.5 Å². The maximum absolute atomic E-state index is 13.8. The first kappa shape index (κ1) is 26.7. The SMILES string of the molecule is CCOC(=O)N[C@@H]1CC[C@H]2[C@@H](C1)C[C@@H]1C(=O)O[C@@H](C)[C@@]1(C)[C@@H]2/C=C/C1=CC=C(c2cccc(F)c2)C(C)C1.[HH].[HH]. The molecule has 0 bridgehead atoms. The first-order valence-corrected chi connectivity index (χ1v) is 14.2. The van der Waals surface area contributed by atoms with Crippen LogP contribution < -0.4 is 5.32 Å². The number of benzene rings is 1. The smallest absolute Gasteiger partial charge is 0.407 e. The summed E-state index contributed by atoms with van der Waals surface area (Å²) in [4.78, 5) is 25.0. The van der Waals surface area contributed by atoms with E-state index in [1.807, 2.05) is 19.9 Å². The van der Waals surface area contributed by atoms with Crippen LogP contribution in [0.1, 0.15) is 68.2 Å². The number of alkyl carbamates (subject to hydrolysis) is 1. The first-order valence-electron chi connectivity index (χ1n) is 14.2. The zero-order chi connectivity index (χ0) is 27.0. The highest BCUT2D eigenvalue weighted by Crippen LogP contribution is 2.60. The number of carbonyl (C=O) groups is 2. The Labute approximate surface area is 228 Å². The van der Waals surface area contributed by atoms with E-state index >= 15 is 0 Å². The lowest BCUT2D eigenvalue weighted by Gasteiger charge is -2.52. The monoisotopic (exact) mass is 525 g/mol. The maximum atomic E-state index is 13.8. The Morgan fingerprint density at radius 2 is 2.08 bits per heavy atom. The second-order valence-electron chi connectivity index (χ2n) is 11.9. The van der Waals surface area contributed by atoms with Gasteiger partial charge in [0.2, 0.25) is 0 Å². The van der Waals surface area contributed by atoms with Gasteiger partial charge in [-0.1, -0.05) is 50.3 Å². The van der Waals surface area contributed by atoms with E-state index in [2.05, 4.69) is 43.5 Å². The van der Waals surface area contributed by atoms with Gasteiger partial charge >= 0.3 is 12.1 Å². The van der Waals surface area contributed by atoms with Crippen molar-refractivity contribution in [1.29, 1.82) is 0 Å². The molecule has 38 heavy (non-hydrogen) atoms. The number of rotatable bonds is 5. The molecule has 1 N–H and O–H groups in total. The second-order valence-corrected chi connectivity index (χ2v) is 11.9. The fraction of sp³-hybridized carbons (Fsp3) is 0.562. The number of fused-ring (bicyclic) bond motifs is 2. The quantitative estimate of drug-likeness (QED) is 0.409. The fourth-order valence-electron chi connectivity index (χ4n) is 7.68. The van der Waals surface area contributed by atoms with Crippen molar-refractivity contribution in [3.05, 3.63) is 65.5 Å². The molecule has 2 saturated carbocycles. The van der Waals surface area contributed by atoms with E-state index in [0.717, 1.165) is 43.2 Å². The summed E-state index contributed by atoms with van der Waals surface area (Å²) in [6, 6.07) is 6.89. The van der Waals surface area contributed by atoms with Crippen LogP contribution in [0, 0.1) is 40.8 Å². The van der Waals surface area contributed by atoms with Gasteiger partial charge in [-0.25, -0.2) is 9.18 Å². The third kappa shape index (κ3) is 4.94. The third-order valence-corrected chi connectivity index (χ3v) is 9.79. The van der Waals surface area contributed by atoms with Crippen LogP contribution in [0.3, 0.4) is 0 Å². The molecule has 0 radical (unpaired) electrons. The minimum Gasteiger partial charge on any atom is -0.462 e. The fourth-order valence-corrected chi connectivity index (χ4v) is 7.68. The van der Waals surface area contributed by atoms with E-state index in [0.29, 0.717) is 18.4 Å². The summed E-state index contributed by atoms with van der Waals surface area (Å²) < 4.78 is 24.7. The highest BCUT2D eigenvalue weighted by atomic mass is 19.1. The molecule has 4 aliphatic rings. The van der Waals surface area contributed by atoms with Crippen LogP contribution in [0.25, 0.3) is 5.57 Å². The Morgan fingerprint density at radius 1 is 1.26 bits per heavy atom. The molecular weight excluding hydrogens is 481 g/mol. The number of halogens is 1. The van der Waals surface area contributed by atoms with Crippen LogP contribution in [0.4, 0.5) is 9.18 Å². The predicted molar refractivity (Wildman–Crippen MR) is 150 cm³/mol. The number of carbonyl (C=O) groups excluding carboxylic acids is 2. The molecule has 5 nitrogen and oxygen atoms in total. The van der Waals surface area contributed by atoms with Crippen molar-refractivity contribution in [3.8, 4) is 0 Å². The molecular formula is C32H44FNO4. The lowest BCUT2D eigenvalue weighted by molar-refractivity contribution is -0.144. The van der Waals surface area contributed by atoms with Gasteiger partial charge in [0.15, 0.2) is 0 Å². The number of ether oxygens (including phenoxy) is 2. The highest BCUT2D eigenvalue weighted by Gasteiger charge is 2.62. The molecule has 3 fully saturated rings. The molecule has 1 amide bonds. The van der Waals surface area contributed by atoms with Crippen LogP contribution in [0.5, 0.6) is 0 Å². The Bertz CT molecular complexity index is 1180. The lowest BCUT2D eigenvalue weighted by Crippen LogP contribution is -2.53. The van der Waals surface area contributed by atoms with Crippen LogP contribution in [-0.2, 0) is 14.3 Å². The Hall–Kier alpha value is -2.89. The zero-order valence-electron chi connectivity index (χ0n) is 22.9. The van der Waals surface area contributed by atoms with E-state index in [1.165, 1.54) is 11.6 Å². The number of hydrogen-bond donors (Lipinski definition) is 1. The first-order chi connectivity index (χ1) is 18.2. The molecule has 8 atom stereocenters. The summed E-state index contributed by atoms with van der Waals surface area (Å²) in [7, 11) is 0. The van der Waals surface area contributed by atoms with Gasteiger partial charge in [0.25, 0.3) is 0 Å². The van der Waals surface area contributed by atoms with Gasteiger partial charge in [0.1, 0.15) is 11.9 Å². The summed E-state index contributed by atoms with van der Waals surface area (Å²) in [6.07, 6.45) is 12.9. The summed E-state index contributed by atoms with van der Waals surface area (Å²) in [6.45, 7) is 8.64. The molecule has 0 spiro atoms. The largest absolute Gasteiger partial charge is 0.462 e. The maximum Gasteiger partial charge on any atom is 0.407 e. The lowest BCUT2D eigenvalue weighted by atomic mass is 9.50. The zero-order valence-corrected chi connectivity index (χ0v) is 22.9. The Balaban J connectivity index is 0.00000220. The van der Waals surface area contributed by atoms with Crippen LogP contribution >= 0.6 is 0 Å². The summed E-state index contributed by atoms with van der Waals surface area (Å²) in [5, 5.41) is 3.03. The normalized spacial score (nSPS) is 36.6. The Kier molecular flexibility index (Phi) is 7.52.